The molecule has 0 spiro atoms. The van der Waals surface area contributed by atoms with Gasteiger partial charge in [0.1, 0.15) is 6.04 Å². The third-order valence-corrected chi connectivity index (χ3v) is 2.22. The molecule has 1 fully saturated rings. The van der Waals surface area contributed by atoms with E-state index in [9.17, 15) is 4.79 Å². The van der Waals surface area contributed by atoms with Crippen LogP contribution in [0.4, 0.5) is 0 Å². The van der Waals surface area contributed by atoms with Crippen LogP contribution in [0.15, 0.2) is 0 Å². The van der Waals surface area contributed by atoms with E-state index in [2.05, 4.69) is 0 Å². The lowest BCUT2D eigenvalue weighted by molar-refractivity contribution is -0.154. The molecule has 1 rings (SSSR count). The third kappa shape index (κ3) is 0.580. The SMILES string of the molecule is CN1C(=O)[C@@H](N)C1(C)C. The average molecular weight is 128 g/mol. The molecule has 0 aromatic heterocycles. The van der Waals surface area contributed by atoms with E-state index in [-0.39, 0.29) is 17.5 Å². The zero-order chi connectivity index (χ0) is 7.23. The number of hydrogen-bond acceptors (Lipinski definition) is 2. The number of nitrogens with zero attached hydrogens (tertiary/aromatic N) is 1. The van der Waals surface area contributed by atoms with E-state index in [0.29, 0.717) is 0 Å². The number of carbonyl (C=O) groups excluding carboxylic acids is 1. The first kappa shape index (κ1) is 6.55. The molecule has 0 aromatic rings. The molecule has 9 heavy (non-hydrogen) atoms. The number of amides is 1. The Morgan fingerprint density at radius 3 is 2.22 bits per heavy atom. The minimum atomic E-state index is -0.289. The third-order valence-electron chi connectivity index (χ3n) is 2.22. The van der Waals surface area contributed by atoms with Crippen LogP contribution in [0.5, 0.6) is 0 Å². The van der Waals surface area contributed by atoms with Gasteiger partial charge in [-0.05, 0) is 13.8 Å². The summed E-state index contributed by atoms with van der Waals surface area (Å²) >= 11 is 0. The van der Waals surface area contributed by atoms with Crippen molar-refractivity contribution in [1.29, 1.82) is 0 Å². The molecule has 2 N–H and O–H groups in total. The summed E-state index contributed by atoms with van der Waals surface area (Å²) in [6, 6.07) is -0.289. The van der Waals surface area contributed by atoms with Crippen molar-refractivity contribution in [1.82, 2.24) is 4.90 Å². The molecule has 0 bridgehead atoms. The minimum absolute atomic E-state index is 0.0417. The van der Waals surface area contributed by atoms with Crippen molar-refractivity contribution in [2.45, 2.75) is 25.4 Å². The first-order valence-electron chi connectivity index (χ1n) is 3.01. The average Bonchev–Trinajstić information content (AvgIpc) is 1.84. The molecule has 1 saturated heterocycles. The van der Waals surface area contributed by atoms with Gasteiger partial charge < -0.3 is 10.6 Å². The van der Waals surface area contributed by atoms with E-state index >= 15 is 0 Å². The quantitative estimate of drug-likeness (QED) is 0.450. The van der Waals surface area contributed by atoms with E-state index in [4.69, 9.17) is 5.73 Å². The number of hydrogen-bond donors (Lipinski definition) is 1. The Bertz CT molecular complexity index is 139. The number of likely N-dealkylation sites (N-methyl/N-ethyl adjacent to an activating group) is 1. The Labute approximate surface area is 54.8 Å². The minimum Gasteiger partial charge on any atom is -0.337 e. The van der Waals surface area contributed by atoms with Crippen molar-refractivity contribution in [2.75, 3.05) is 7.05 Å². The van der Waals surface area contributed by atoms with Gasteiger partial charge in [0.25, 0.3) is 0 Å². The monoisotopic (exact) mass is 128 g/mol. The molecular weight excluding hydrogens is 116 g/mol. The topological polar surface area (TPSA) is 46.3 Å². The van der Waals surface area contributed by atoms with Gasteiger partial charge in [-0.25, -0.2) is 0 Å². The Hall–Kier alpha value is -0.570. The zero-order valence-corrected chi connectivity index (χ0v) is 6.01. The van der Waals surface area contributed by atoms with Crippen molar-refractivity contribution in [3.8, 4) is 0 Å². The standard InChI is InChI=1S/C6H12N2O/c1-6(2)4(7)5(9)8(6)3/h4H,7H2,1-3H3/t4-/m1/s1. The second-order valence-corrected chi connectivity index (χ2v) is 3.03. The number of likely N-dealkylation sites (tertiary alicyclic amines) is 1. The largest absolute Gasteiger partial charge is 0.337 e. The van der Waals surface area contributed by atoms with Gasteiger partial charge in [-0.1, -0.05) is 0 Å². The van der Waals surface area contributed by atoms with Crippen LogP contribution in [0.1, 0.15) is 13.8 Å². The van der Waals surface area contributed by atoms with Crippen LogP contribution < -0.4 is 5.73 Å². The summed E-state index contributed by atoms with van der Waals surface area (Å²) in [5.74, 6) is 0.0417. The van der Waals surface area contributed by atoms with Crippen LogP contribution in [0.2, 0.25) is 0 Å². The maximum absolute atomic E-state index is 10.8. The van der Waals surface area contributed by atoms with E-state index < -0.39 is 0 Å². The van der Waals surface area contributed by atoms with Gasteiger partial charge in [-0.15, -0.1) is 0 Å². The molecule has 0 unspecified atom stereocenters. The van der Waals surface area contributed by atoms with Crippen molar-refractivity contribution >= 4 is 5.91 Å². The van der Waals surface area contributed by atoms with Gasteiger partial charge in [-0.2, -0.15) is 0 Å². The fraction of sp³-hybridized carbons (Fsp3) is 0.833. The van der Waals surface area contributed by atoms with E-state index in [1.54, 1.807) is 11.9 Å². The van der Waals surface area contributed by atoms with Crippen molar-refractivity contribution in [3.05, 3.63) is 0 Å². The van der Waals surface area contributed by atoms with Crippen LogP contribution in [0.25, 0.3) is 0 Å². The lowest BCUT2D eigenvalue weighted by Gasteiger charge is -2.50. The van der Waals surface area contributed by atoms with Gasteiger partial charge in [0, 0.05) is 7.05 Å². The van der Waals surface area contributed by atoms with E-state index in [0.717, 1.165) is 0 Å². The van der Waals surface area contributed by atoms with E-state index in [1.807, 2.05) is 13.8 Å². The van der Waals surface area contributed by atoms with Crippen LogP contribution in [-0.2, 0) is 4.79 Å². The number of β-lactam (4-membered cyclic amide) rings is 1. The lowest BCUT2D eigenvalue weighted by Crippen LogP contribution is -2.73. The normalized spacial score (nSPS) is 32.2. The van der Waals surface area contributed by atoms with Gasteiger partial charge in [0.05, 0.1) is 5.54 Å². The molecule has 1 aliphatic heterocycles. The van der Waals surface area contributed by atoms with Gasteiger partial charge in [0.15, 0.2) is 0 Å². The Balaban J connectivity index is 2.73. The van der Waals surface area contributed by atoms with Gasteiger partial charge in [0.2, 0.25) is 5.91 Å². The highest BCUT2D eigenvalue weighted by molar-refractivity contribution is 5.90. The van der Waals surface area contributed by atoms with Crippen molar-refractivity contribution in [2.24, 2.45) is 5.73 Å². The fourth-order valence-electron chi connectivity index (χ4n) is 0.937. The van der Waals surface area contributed by atoms with Crippen molar-refractivity contribution in [3.63, 3.8) is 0 Å². The Morgan fingerprint density at radius 1 is 1.67 bits per heavy atom. The zero-order valence-electron chi connectivity index (χ0n) is 6.01. The summed E-state index contributed by atoms with van der Waals surface area (Å²) in [5.41, 5.74) is 5.37. The molecule has 1 atom stereocenters. The highest BCUT2D eigenvalue weighted by atomic mass is 16.2. The maximum atomic E-state index is 10.8. The molecule has 3 heteroatoms. The summed E-state index contributed by atoms with van der Waals surface area (Å²) < 4.78 is 0. The summed E-state index contributed by atoms with van der Waals surface area (Å²) in [7, 11) is 1.77. The predicted molar refractivity (Wildman–Crippen MR) is 34.8 cm³/mol. The molecule has 1 heterocycles. The summed E-state index contributed by atoms with van der Waals surface area (Å²) in [4.78, 5) is 12.4. The Morgan fingerprint density at radius 2 is 2.11 bits per heavy atom. The van der Waals surface area contributed by atoms with Crippen LogP contribution in [0.3, 0.4) is 0 Å². The molecule has 52 valence electrons. The highest BCUT2D eigenvalue weighted by Crippen LogP contribution is 2.27. The summed E-state index contributed by atoms with van der Waals surface area (Å²) in [6.45, 7) is 3.91. The molecule has 0 aromatic carbocycles. The molecule has 1 amide bonds. The van der Waals surface area contributed by atoms with Crippen LogP contribution >= 0.6 is 0 Å². The van der Waals surface area contributed by atoms with E-state index in [1.165, 1.54) is 0 Å². The molecular formula is C6H12N2O. The van der Waals surface area contributed by atoms with Crippen LogP contribution in [0, 0.1) is 0 Å². The van der Waals surface area contributed by atoms with Crippen LogP contribution in [-0.4, -0.2) is 29.4 Å². The van der Waals surface area contributed by atoms with Gasteiger partial charge >= 0.3 is 0 Å². The molecule has 0 radical (unpaired) electrons. The fourth-order valence-corrected chi connectivity index (χ4v) is 0.937. The van der Waals surface area contributed by atoms with Crippen molar-refractivity contribution < 1.29 is 4.79 Å². The molecule has 0 saturated carbocycles. The second kappa shape index (κ2) is 1.48. The molecule has 3 nitrogen and oxygen atoms in total. The summed E-state index contributed by atoms with van der Waals surface area (Å²) in [6.07, 6.45) is 0. The first-order chi connectivity index (χ1) is 3.98. The van der Waals surface area contributed by atoms with Gasteiger partial charge in [-0.3, -0.25) is 4.79 Å². The first-order valence-corrected chi connectivity index (χ1v) is 3.01. The predicted octanol–water partition coefficient (Wildman–Crippen LogP) is -0.436. The number of rotatable bonds is 0. The highest BCUT2D eigenvalue weighted by Gasteiger charge is 2.49. The maximum Gasteiger partial charge on any atom is 0.242 e. The summed E-state index contributed by atoms with van der Waals surface area (Å²) in [5, 5.41) is 0. The Kier molecular flexibility index (Phi) is 1.07. The number of nitrogens with two attached hydrogens (primary N) is 1. The smallest absolute Gasteiger partial charge is 0.242 e. The molecule has 1 aliphatic rings. The number of carbonyl (C=O) groups is 1. The molecule has 0 aliphatic carbocycles. The lowest BCUT2D eigenvalue weighted by atomic mass is 9.84. The second-order valence-electron chi connectivity index (χ2n) is 3.03.